The van der Waals surface area contributed by atoms with Crippen LogP contribution in [0.4, 0.5) is 0 Å². The Balaban J connectivity index is 2.13. The van der Waals surface area contributed by atoms with E-state index >= 15 is 0 Å². The molecule has 1 aliphatic carbocycles. The average molecular weight is 166 g/mol. The van der Waals surface area contributed by atoms with Gasteiger partial charge in [-0.2, -0.15) is 0 Å². The van der Waals surface area contributed by atoms with Gasteiger partial charge in [-0.1, -0.05) is 12.8 Å². The van der Waals surface area contributed by atoms with Gasteiger partial charge in [0.05, 0.1) is 5.54 Å². The first kappa shape index (κ1) is 7.96. The van der Waals surface area contributed by atoms with E-state index in [0.29, 0.717) is 5.54 Å². The maximum atomic E-state index is 3.66. The van der Waals surface area contributed by atoms with Crippen molar-refractivity contribution in [3.63, 3.8) is 0 Å². The highest BCUT2D eigenvalue weighted by Gasteiger charge is 2.35. The smallest absolute Gasteiger partial charge is 0.0543 e. The van der Waals surface area contributed by atoms with Gasteiger partial charge in [-0.3, -0.25) is 0 Å². The molecule has 0 atom stereocenters. The predicted molar refractivity (Wildman–Crippen MR) is 50.7 cm³/mol. The first-order valence-corrected chi connectivity index (χ1v) is 4.91. The Morgan fingerprint density at radius 2 is 1.75 bits per heavy atom. The molecule has 2 rings (SSSR count). The number of nitrogens with one attached hydrogen (secondary N) is 2. The zero-order valence-corrected chi connectivity index (χ0v) is 8.04. The minimum Gasteiger partial charge on any atom is -0.385 e. The molecule has 0 radical (unpaired) electrons. The van der Waals surface area contributed by atoms with E-state index in [-0.39, 0.29) is 0 Å². The molecule has 2 heteroatoms. The van der Waals surface area contributed by atoms with Gasteiger partial charge in [0.15, 0.2) is 0 Å². The van der Waals surface area contributed by atoms with Gasteiger partial charge in [-0.25, -0.2) is 0 Å². The van der Waals surface area contributed by atoms with E-state index in [0.717, 1.165) is 6.54 Å². The van der Waals surface area contributed by atoms with E-state index in [1.54, 1.807) is 0 Å². The minimum atomic E-state index is 0.406. The summed E-state index contributed by atoms with van der Waals surface area (Å²) < 4.78 is 0. The van der Waals surface area contributed by atoms with Crippen LogP contribution in [0, 0.1) is 0 Å². The van der Waals surface area contributed by atoms with Crippen LogP contribution in [0.15, 0.2) is 11.4 Å². The topological polar surface area (TPSA) is 24.1 Å². The largest absolute Gasteiger partial charge is 0.385 e. The van der Waals surface area contributed by atoms with Crippen LogP contribution in [0.25, 0.3) is 0 Å². The van der Waals surface area contributed by atoms with E-state index in [1.807, 2.05) is 0 Å². The molecule has 68 valence electrons. The van der Waals surface area contributed by atoms with Crippen LogP contribution >= 0.6 is 0 Å². The Labute approximate surface area is 74.4 Å². The van der Waals surface area contributed by atoms with Crippen LogP contribution in [0.1, 0.15) is 39.5 Å². The van der Waals surface area contributed by atoms with Crippen molar-refractivity contribution in [2.45, 2.75) is 45.1 Å². The van der Waals surface area contributed by atoms with Gasteiger partial charge < -0.3 is 10.6 Å². The van der Waals surface area contributed by atoms with Crippen molar-refractivity contribution in [3.05, 3.63) is 11.4 Å². The standard InChI is InChI=1S/C10H18N2/c1-8-9(2)12-10(7-11-8)5-3-4-6-10/h11-12H,3-7H2,1-2H3. The summed E-state index contributed by atoms with van der Waals surface area (Å²) >= 11 is 0. The van der Waals surface area contributed by atoms with Gasteiger partial charge in [-0.15, -0.1) is 0 Å². The van der Waals surface area contributed by atoms with E-state index in [1.165, 1.54) is 37.1 Å². The zero-order valence-electron chi connectivity index (χ0n) is 8.04. The Morgan fingerprint density at radius 1 is 1.08 bits per heavy atom. The van der Waals surface area contributed by atoms with Crippen molar-refractivity contribution >= 4 is 0 Å². The summed E-state index contributed by atoms with van der Waals surface area (Å²) in [6, 6.07) is 0. The van der Waals surface area contributed by atoms with Crippen molar-refractivity contribution in [2.24, 2.45) is 0 Å². The number of hydrogen-bond acceptors (Lipinski definition) is 2. The minimum absolute atomic E-state index is 0.406. The van der Waals surface area contributed by atoms with E-state index in [4.69, 9.17) is 0 Å². The molecule has 0 aromatic heterocycles. The van der Waals surface area contributed by atoms with Gasteiger partial charge in [0.2, 0.25) is 0 Å². The number of hydrogen-bond donors (Lipinski definition) is 2. The summed E-state index contributed by atoms with van der Waals surface area (Å²) in [7, 11) is 0. The highest BCUT2D eigenvalue weighted by atomic mass is 15.1. The second-order valence-corrected chi connectivity index (χ2v) is 4.22. The van der Waals surface area contributed by atoms with Crippen molar-refractivity contribution in [3.8, 4) is 0 Å². The lowest BCUT2D eigenvalue weighted by atomic mass is 9.95. The second-order valence-electron chi connectivity index (χ2n) is 4.22. The van der Waals surface area contributed by atoms with E-state index in [2.05, 4.69) is 24.5 Å². The average Bonchev–Trinajstić information content (AvgIpc) is 2.47. The lowest BCUT2D eigenvalue weighted by Crippen LogP contribution is -2.53. The molecule has 1 fully saturated rings. The summed E-state index contributed by atoms with van der Waals surface area (Å²) in [4.78, 5) is 0. The van der Waals surface area contributed by atoms with Gasteiger partial charge in [0.1, 0.15) is 0 Å². The van der Waals surface area contributed by atoms with Crippen LogP contribution in [0.5, 0.6) is 0 Å². The summed E-state index contributed by atoms with van der Waals surface area (Å²) in [6.07, 6.45) is 5.46. The number of rotatable bonds is 0. The molecule has 2 N–H and O–H groups in total. The van der Waals surface area contributed by atoms with Gasteiger partial charge >= 0.3 is 0 Å². The molecule has 0 saturated heterocycles. The quantitative estimate of drug-likeness (QED) is 0.573. The molecule has 2 aliphatic rings. The molecule has 0 aromatic rings. The van der Waals surface area contributed by atoms with Crippen LogP contribution in [-0.4, -0.2) is 12.1 Å². The van der Waals surface area contributed by atoms with Crippen LogP contribution in [0.2, 0.25) is 0 Å². The lowest BCUT2D eigenvalue weighted by Gasteiger charge is -2.37. The third-order valence-electron chi connectivity index (χ3n) is 3.27. The fraction of sp³-hybridized carbons (Fsp3) is 0.800. The predicted octanol–water partition coefficient (Wildman–Crippen LogP) is 1.74. The van der Waals surface area contributed by atoms with Crippen molar-refractivity contribution in [1.82, 2.24) is 10.6 Å². The summed E-state index contributed by atoms with van der Waals surface area (Å²) in [6.45, 7) is 5.43. The van der Waals surface area contributed by atoms with Gasteiger partial charge in [-0.05, 0) is 26.7 Å². The molecule has 12 heavy (non-hydrogen) atoms. The molecular formula is C10H18N2. The molecule has 1 aliphatic heterocycles. The molecule has 2 nitrogen and oxygen atoms in total. The first-order chi connectivity index (χ1) is 5.72. The normalized spacial score (nSPS) is 27.2. The SMILES string of the molecule is CC1=C(C)NC2(CCCC2)CN1. The maximum absolute atomic E-state index is 3.66. The highest BCUT2D eigenvalue weighted by Crippen LogP contribution is 2.32. The fourth-order valence-corrected chi connectivity index (χ4v) is 2.32. The van der Waals surface area contributed by atoms with Gasteiger partial charge in [0, 0.05) is 17.9 Å². The molecular weight excluding hydrogens is 148 g/mol. The van der Waals surface area contributed by atoms with Crippen LogP contribution < -0.4 is 10.6 Å². The summed E-state index contributed by atoms with van der Waals surface area (Å²) in [5.41, 5.74) is 3.06. The van der Waals surface area contributed by atoms with Crippen LogP contribution in [0.3, 0.4) is 0 Å². The van der Waals surface area contributed by atoms with Crippen LogP contribution in [-0.2, 0) is 0 Å². The third kappa shape index (κ3) is 1.19. The van der Waals surface area contributed by atoms with Crippen molar-refractivity contribution < 1.29 is 0 Å². The van der Waals surface area contributed by atoms with E-state index in [9.17, 15) is 0 Å². The molecule has 1 saturated carbocycles. The molecule has 1 heterocycles. The number of allylic oxidation sites excluding steroid dienone is 2. The van der Waals surface area contributed by atoms with Crippen molar-refractivity contribution in [1.29, 1.82) is 0 Å². The molecule has 0 amide bonds. The Kier molecular flexibility index (Phi) is 1.78. The summed E-state index contributed by atoms with van der Waals surface area (Å²) in [5, 5.41) is 7.14. The lowest BCUT2D eigenvalue weighted by molar-refractivity contribution is 0.330. The third-order valence-corrected chi connectivity index (χ3v) is 3.27. The highest BCUT2D eigenvalue weighted by molar-refractivity contribution is 5.16. The molecule has 0 unspecified atom stereocenters. The monoisotopic (exact) mass is 166 g/mol. The van der Waals surface area contributed by atoms with Gasteiger partial charge in [0.25, 0.3) is 0 Å². The second kappa shape index (κ2) is 2.68. The molecule has 1 spiro atoms. The zero-order chi connectivity index (χ0) is 8.60. The Morgan fingerprint density at radius 3 is 2.33 bits per heavy atom. The Hall–Kier alpha value is -0.660. The first-order valence-electron chi connectivity index (χ1n) is 4.91. The molecule has 0 aromatic carbocycles. The Bertz CT molecular complexity index is 212. The summed E-state index contributed by atoms with van der Waals surface area (Å²) in [5.74, 6) is 0. The van der Waals surface area contributed by atoms with E-state index < -0.39 is 0 Å². The van der Waals surface area contributed by atoms with Crippen molar-refractivity contribution in [2.75, 3.05) is 6.54 Å². The fourth-order valence-electron chi connectivity index (χ4n) is 2.32. The molecule has 0 bridgehead atoms. The maximum Gasteiger partial charge on any atom is 0.0543 e.